The van der Waals surface area contributed by atoms with Crippen LogP contribution in [-0.2, 0) is 0 Å². The van der Waals surface area contributed by atoms with Gasteiger partial charge in [-0.3, -0.25) is 0 Å². The fraction of sp³-hybridized carbons (Fsp3) is 0.500. The van der Waals surface area contributed by atoms with Gasteiger partial charge in [0.2, 0.25) is 0 Å². The molecule has 1 rings (SSSR count). The molecular weight excluding hydrogens is 224 g/mol. The zero-order valence-electron chi connectivity index (χ0n) is 9.86. The summed E-state index contributed by atoms with van der Waals surface area (Å²) in [7, 11) is 3.21. The van der Waals surface area contributed by atoms with Crippen LogP contribution in [0.25, 0.3) is 0 Å². The third kappa shape index (κ3) is 2.83. The average molecular weight is 242 g/mol. The molecule has 0 saturated heterocycles. The van der Waals surface area contributed by atoms with Crippen molar-refractivity contribution in [2.24, 2.45) is 0 Å². The van der Waals surface area contributed by atoms with E-state index in [0.717, 1.165) is 16.9 Å². The minimum absolute atomic E-state index is 0.568. The second-order valence-electron chi connectivity index (χ2n) is 3.59. The minimum atomic E-state index is -0.568. The molecule has 1 N–H and O–H groups in total. The number of benzene rings is 1. The molecule has 0 bridgehead atoms. The number of aliphatic hydroxyl groups is 1. The zero-order chi connectivity index (χ0) is 12.1. The van der Waals surface area contributed by atoms with Crippen LogP contribution in [0.3, 0.4) is 0 Å². The van der Waals surface area contributed by atoms with Crippen LogP contribution < -0.4 is 9.47 Å². The van der Waals surface area contributed by atoms with Crippen molar-refractivity contribution >= 4 is 12.6 Å². The normalized spacial score (nSPS) is 12.3. The van der Waals surface area contributed by atoms with E-state index in [-0.39, 0.29) is 0 Å². The molecule has 0 aliphatic carbocycles. The van der Waals surface area contributed by atoms with E-state index in [1.54, 1.807) is 14.2 Å². The van der Waals surface area contributed by atoms with Gasteiger partial charge in [-0.15, -0.1) is 0 Å². The number of thiol groups is 1. The maximum absolute atomic E-state index is 9.96. The van der Waals surface area contributed by atoms with Gasteiger partial charge in [-0.1, -0.05) is 0 Å². The van der Waals surface area contributed by atoms with Crippen LogP contribution in [0, 0.1) is 6.92 Å². The largest absolute Gasteiger partial charge is 0.496 e. The van der Waals surface area contributed by atoms with Crippen LogP contribution >= 0.6 is 12.6 Å². The van der Waals surface area contributed by atoms with Crippen molar-refractivity contribution < 1.29 is 14.6 Å². The fourth-order valence-electron chi connectivity index (χ4n) is 1.61. The van der Waals surface area contributed by atoms with Crippen LogP contribution in [0.5, 0.6) is 11.5 Å². The first kappa shape index (κ1) is 13.2. The molecule has 1 aromatic rings. The summed E-state index contributed by atoms with van der Waals surface area (Å²) >= 11 is 4.11. The summed E-state index contributed by atoms with van der Waals surface area (Å²) in [6.07, 6.45) is 0.0213. The molecule has 0 heterocycles. The summed E-state index contributed by atoms with van der Waals surface area (Å²) in [6.45, 7) is 1.94. The molecule has 0 spiro atoms. The van der Waals surface area contributed by atoms with E-state index in [1.165, 1.54) is 0 Å². The quantitative estimate of drug-likeness (QED) is 0.779. The van der Waals surface area contributed by atoms with E-state index in [0.29, 0.717) is 17.9 Å². The molecule has 1 aromatic carbocycles. The van der Waals surface area contributed by atoms with Gasteiger partial charge in [0.15, 0.2) is 0 Å². The van der Waals surface area contributed by atoms with Gasteiger partial charge in [0.05, 0.1) is 20.3 Å². The summed E-state index contributed by atoms with van der Waals surface area (Å²) < 4.78 is 10.5. The Morgan fingerprint density at radius 1 is 1.25 bits per heavy atom. The number of rotatable bonds is 5. The van der Waals surface area contributed by atoms with Crippen LogP contribution in [0.15, 0.2) is 12.1 Å². The monoisotopic (exact) mass is 242 g/mol. The molecule has 0 saturated carbocycles. The highest BCUT2D eigenvalue weighted by Gasteiger charge is 2.15. The Hall–Kier alpha value is -0.870. The minimum Gasteiger partial charge on any atom is -0.496 e. The second kappa shape index (κ2) is 6.01. The van der Waals surface area contributed by atoms with E-state index < -0.39 is 6.10 Å². The third-order valence-corrected chi connectivity index (χ3v) is 2.77. The highest BCUT2D eigenvalue weighted by Crippen LogP contribution is 2.33. The molecular formula is C12H18O3S. The number of aryl methyl sites for hydroxylation is 1. The number of ether oxygens (including phenoxy) is 2. The predicted octanol–water partition coefficient (Wildman–Crippen LogP) is 2.37. The summed E-state index contributed by atoms with van der Waals surface area (Å²) in [5, 5.41) is 9.96. The third-order valence-electron chi connectivity index (χ3n) is 2.51. The second-order valence-corrected chi connectivity index (χ2v) is 4.04. The van der Waals surface area contributed by atoms with Crippen LogP contribution in [0.1, 0.15) is 23.7 Å². The molecule has 1 atom stereocenters. The Morgan fingerprint density at radius 2 is 1.88 bits per heavy atom. The molecule has 90 valence electrons. The van der Waals surface area contributed by atoms with Crippen LogP contribution in [0.2, 0.25) is 0 Å². The Balaban J connectivity index is 3.13. The predicted molar refractivity (Wildman–Crippen MR) is 67.7 cm³/mol. The first-order chi connectivity index (χ1) is 7.63. The molecule has 0 aliphatic heterocycles. The summed E-state index contributed by atoms with van der Waals surface area (Å²) in [5.74, 6) is 2.07. The maximum atomic E-state index is 9.96. The SMILES string of the molecule is COc1cc(C(O)CCS)c(OC)cc1C. The lowest BCUT2D eigenvalue weighted by atomic mass is 10.0. The summed E-state index contributed by atoms with van der Waals surface area (Å²) in [4.78, 5) is 0. The van der Waals surface area contributed by atoms with Gasteiger partial charge >= 0.3 is 0 Å². The van der Waals surface area contributed by atoms with Crippen LogP contribution in [-0.4, -0.2) is 25.1 Å². The molecule has 1 unspecified atom stereocenters. The fourth-order valence-corrected chi connectivity index (χ4v) is 1.86. The Labute approximate surface area is 102 Å². The van der Waals surface area contributed by atoms with E-state index in [9.17, 15) is 5.11 Å². The van der Waals surface area contributed by atoms with Crippen molar-refractivity contribution in [3.05, 3.63) is 23.3 Å². The highest BCUT2D eigenvalue weighted by molar-refractivity contribution is 7.80. The Kier molecular flexibility index (Phi) is 4.96. The molecule has 3 nitrogen and oxygen atoms in total. The molecule has 0 amide bonds. The standard InChI is InChI=1S/C12H18O3S/c1-8-6-12(15-3)9(7-11(8)14-2)10(13)4-5-16/h6-7,10,13,16H,4-5H2,1-3H3. The van der Waals surface area contributed by atoms with Crippen molar-refractivity contribution in [1.29, 1.82) is 0 Å². The van der Waals surface area contributed by atoms with E-state index in [2.05, 4.69) is 12.6 Å². The Bertz CT molecular complexity index is 352. The van der Waals surface area contributed by atoms with Crippen LogP contribution in [0.4, 0.5) is 0 Å². The molecule has 0 aromatic heterocycles. The number of aliphatic hydroxyl groups excluding tert-OH is 1. The first-order valence-corrected chi connectivity index (χ1v) is 5.78. The number of hydrogen-bond donors (Lipinski definition) is 2. The van der Waals surface area contributed by atoms with E-state index >= 15 is 0 Å². The van der Waals surface area contributed by atoms with Gasteiger partial charge < -0.3 is 14.6 Å². The van der Waals surface area contributed by atoms with Gasteiger partial charge in [-0.2, -0.15) is 12.6 Å². The number of hydrogen-bond acceptors (Lipinski definition) is 4. The molecule has 4 heteroatoms. The van der Waals surface area contributed by atoms with Gasteiger partial charge in [0, 0.05) is 5.56 Å². The molecule has 16 heavy (non-hydrogen) atoms. The van der Waals surface area contributed by atoms with Crippen molar-refractivity contribution in [3.8, 4) is 11.5 Å². The van der Waals surface area contributed by atoms with Crippen molar-refractivity contribution in [2.75, 3.05) is 20.0 Å². The van der Waals surface area contributed by atoms with E-state index in [1.807, 2.05) is 19.1 Å². The summed E-state index contributed by atoms with van der Waals surface area (Å²) in [5.41, 5.74) is 1.74. The van der Waals surface area contributed by atoms with Crippen molar-refractivity contribution in [2.45, 2.75) is 19.4 Å². The molecule has 0 radical (unpaired) electrons. The van der Waals surface area contributed by atoms with Gasteiger partial charge in [0.25, 0.3) is 0 Å². The van der Waals surface area contributed by atoms with E-state index in [4.69, 9.17) is 9.47 Å². The molecule has 0 aliphatic rings. The lowest BCUT2D eigenvalue weighted by Gasteiger charge is -2.16. The maximum Gasteiger partial charge on any atom is 0.125 e. The van der Waals surface area contributed by atoms with Gasteiger partial charge in [-0.25, -0.2) is 0 Å². The lowest BCUT2D eigenvalue weighted by Crippen LogP contribution is -2.03. The molecule has 0 fully saturated rings. The van der Waals surface area contributed by atoms with Crippen molar-refractivity contribution in [1.82, 2.24) is 0 Å². The van der Waals surface area contributed by atoms with Gasteiger partial charge in [0.1, 0.15) is 11.5 Å². The number of methoxy groups -OCH3 is 2. The van der Waals surface area contributed by atoms with Crippen molar-refractivity contribution in [3.63, 3.8) is 0 Å². The smallest absolute Gasteiger partial charge is 0.125 e. The topological polar surface area (TPSA) is 38.7 Å². The highest BCUT2D eigenvalue weighted by atomic mass is 32.1. The zero-order valence-corrected chi connectivity index (χ0v) is 10.8. The summed E-state index contributed by atoms with van der Waals surface area (Å²) in [6, 6.07) is 3.69. The lowest BCUT2D eigenvalue weighted by molar-refractivity contribution is 0.170. The Morgan fingerprint density at radius 3 is 2.38 bits per heavy atom. The van der Waals surface area contributed by atoms with Gasteiger partial charge in [-0.05, 0) is 36.8 Å². The average Bonchev–Trinajstić information content (AvgIpc) is 2.28. The first-order valence-electron chi connectivity index (χ1n) is 5.15.